The van der Waals surface area contributed by atoms with Crippen LogP contribution in [0, 0.1) is 0 Å². The Morgan fingerprint density at radius 2 is 2.28 bits per heavy atom. The summed E-state index contributed by atoms with van der Waals surface area (Å²) in [6.45, 7) is 3.63. The number of hydrogen-bond acceptors (Lipinski definition) is 5. The number of thiazole rings is 1. The minimum absolute atomic E-state index is 0.0616. The fraction of sp³-hybridized carbons (Fsp3) is 0.333. The number of amides is 1. The molecule has 100 valence electrons. The van der Waals surface area contributed by atoms with Gasteiger partial charge in [-0.1, -0.05) is 18.2 Å². The van der Waals surface area contributed by atoms with Crippen molar-refractivity contribution < 1.29 is 13.2 Å². The molecule has 1 heterocycles. The van der Waals surface area contributed by atoms with Crippen molar-refractivity contribution >= 4 is 44.0 Å². The second kappa shape index (κ2) is 6.17. The normalized spacial score (nSPS) is 11.0. The van der Waals surface area contributed by atoms with Crippen LogP contribution >= 0.6 is 22.9 Å². The number of sulfonamides is 1. The van der Waals surface area contributed by atoms with Gasteiger partial charge >= 0.3 is 0 Å². The molecule has 0 radical (unpaired) electrons. The number of nitrogens with one attached hydrogen (secondary N) is 2. The Morgan fingerprint density at radius 1 is 1.61 bits per heavy atom. The van der Waals surface area contributed by atoms with Crippen LogP contribution in [0.25, 0.3) is 0 Å². The van der Waals surface area contributed by atoms with Crippen molar-refractivity contribution in [2.45, 2.75) is 6.42 Å². The molecule has 1 aromatic rings. The Kier molecular flexibility index (Phi) is 5.12. The number of halogens is 1. The van der Waals surface area contributed by atoms with Gasteiger partial charge in [-0.15, -0.1) is 11.3 Å². The highest BCUT2D eigenvalue weighted by atomic mass is 35.5. The van der Waals surface area contributed by atoms with Crippen LogP contribution in [0.15, 0.2) is 17.0 Å². The molecule has 0 atom stereocenters. The maximum Gasteiger partial charge on any atom is 0.231 e. The number of aromatic nitrogens is 1. The molecule has 0 aromatic carbocycles. The Hall–Kier alpha value is -1.12. The van der Waals surface area contributed by atoms with E-state index in [4.69, 9.17) is 11.6 Å². The molecule has 1 amide bonds. The fourth-order valence-electron chi connectivity index (χ4n) is 1.02. The third-order valence-electron chi connectivity index (χ3n) is 1.64. The van der Waals surface area contributed by atoms with Crippen LogP contribution in [0.2, 0.25) is 0 Å². The summed E-state index contributed by atoms with van der Waals surface area (Å²) in [6, 6.07) is 0. The van der Waals surface area contributed by atoms with Gasteiger partial charge < -0.3 is 5.32 Å². The molecule has 0 bridgehead atoms. The zero-order valence-corrected chi connectivity index (χ0v) is 12.0. The molecule has 0 aliphatic carbocycles. The number of carbonyl (C=O) groups is 1. The second-order valence-corrected chi connectivity index (χ2v) is 6.63. The lowest BCUT2D eigenvalue weighted by atomic mass is 10.3. The van der Waals surface area contributed by atoms with E-state index in [2.05, 4.69) is 21.6 Å². The molecule has 18 heavy (non-hydrogen) atoms. The predicted octanol–water partition coefficient (Wildman–Crippen LogP) is 0.926. The van der Waals surface area contributed by atoms with Gasteiger partial charge in [0.2, 0.25) is 15.9 Å². The molecular weight excluding hydrogens is 298 g/mol. The minimum atomic E-state index is -3.35. The van der Waals surface area contributed by atoms with E-state index >= 15 is 0 Å². The molecular formula is C9H12ClN3O3S2. The van der Waals surface area contributed by atoms with Crippen LogP contribution in [0.3, 0.4) is 0 Å². The zero-order valence-electron chi connectivity index (χ0n) is 9.57. The van der Waals surface area contributed by atoms with Gasteiger partial charge in [0.25, 0.3) is 0 Å². The highest BCUT2D eigenvalue weighted by Crippen LogP contribution is 2.16. The number of hydrogen-bond donors (Lipinski definition) is 2. The third kappa shape index (κ3) is 5.99. The predicted molar refractivity (Wildman–Crippen MR) is 72.3 cm³/mol. The van der Waals surface area contributed by atoms with Crippen molar-refractivity contribution in [1.29, 1.82) is 0 Å². The molecule has 9 heteroatoms. The first-order valence-electron chi connectivity index (χ1n) is 4.78. The summed E-state index contributed by atoms with van der Waals surface area (Å²) in [7, 11) is -3.35. The lowest BCUT2D eigenvalue weighted by Gasteiger charge is -2.01. The maximum absolute atomic E-state index is 11.4. The first-order valence-corrected chi connectivity index (χ1v) is 7.93. The van der Waals surface area contributed by atoms with Gasteiger partial charge in [-0.25, -0.2) is 13.4 Å². The smallest absolute Gasteiger partial charge is 0.231 e. The van der Waals surface area contributed by atoms with Crippen LogP contribution in [0.4, 0.5) is 5.13 Å². The standard InChI is InChI=1S/C9H12ClN3O3S2/c1-6(10)4-11-8(14)3-7-5-17-9(12-7)13-18(2,15)16/h5H,1,3-4H2,2H3,(H,11,14)(H,12,13). The zero-order chi connectivity index (χ0) is 13.8. The van der Waals surface area contributed by atoms with E-state index in [0.717, 1.165) is 17.6 Å². The topological polar surface area (TPSA) is 88.2 Å². The number of anilines is 1. The highest BCUT2D eigenvalue weighted by Gasteiger charge is 2.10. The Labute approximate surface area is 114 Å². The van der Waals surface area contributed by atoms with Crippen LogP contribution in [-0.2, 0) is 21.2 Å². The lowest BCUT2D eigenvalue weighted by molar-refractivity contribution is -0.120. The van der Waals surface area contributed by atoms with Gasteiger partial charge in [-0.2, -0.15) is 0 Å². The number of rotatable bonds is 6. The molecule has 2 N–H and O–H groups in total. The van der Waals surface area contributed by atoms with E-state index in [1.54, 1.807) is 5.38 Å². The van der Waals surface area contributed by atoms with Gasteiger partial charge in [-0.3, -0.25) is 9.52 Å². The monoisotopic (exact) mass is 309 g/mol. The maximum atomic E-state index is 11.4. The minimum Gasteiger partial charge on any atom is -0.351 e. The first-order chi connectivity index (χ1) is 8.26. The van der Waals surface area contributed by atoms with E-state index in [0.29, 0.717) is 10.7 Å². The summed E-state index contributed by atoms with van der Waals surface area (Å²) < 4.78 is 24.2. The van der Waals surface area contributed by atoms with E-state index in [1.807, 2.05) is 0 Å². The van der Waals surface area contributed by atoms with Crippen molar-refractivity contribution in [1.82, 2.24) is 10.3 Å². The molecule has 0 unspecified atom stereocenters. The van der Waals surface area contributed by atoms with Gasteiger partial charge in [-0.05, 0) is 0 Å². The Bertz CT molecular complexity index is 553. The van der Waals surface area contributed by atoms with Crippen LogP contribution in [-0.4, -0.2) is 32.1 Å². The van der Waals surface area contributed by atoms with Crippen molar-refractivity contribution in [3.63, 3.8) is 0 Å². The molecule has 0 saturated carbocycles. The number of nitrogens with zero attached hydrogens (tertiary/aromatic N) is 1. The number of carbonyl (C=O) groups excluding carboxylic acids is 1. The Morgan fingerprint density at radius 3 is 2.83 bits per heavy atom. The fourth-order valence-corrected chi connectivity index (χ4v) is 2.65. The van der Waals surface area contributed by atoms with Gasteiger partial charge in [0.1, 0.15) is 0 Å². The summed E-state index contributed by atoms with van der Waals surface area (Å²) in [5.41, 5.74) is 0.490. The molecule has 1 rings (SSSR count). The third-order valence-corrected chi connectivity index (χ3v) is 3.28. The van der Waals surface area contributed by atoms with Crippen molar-refractivity contribution in [2.24, 2.45) is 0 Å². The molecule has 0 aliphatic heterocycles. The summed E-state index contributed by atoms with van der Waals surface area (Å²) in [5, 5.41) is 4.73. The molecule has 0 aliphatic rings. The molecule has 6 nitrogen and oxygen atoms in total. The molecule has 0 spiro atoms. The SMILES string of the molecule is C=C(Cl)CNC(=O)Cc1csc(NS(C)(=O)=O)n1. The highest BCUT2D eigenvalue weighted by molar-refractivity contribution is 7.92. The molecule has 0 saturated heterocycles. The summed E-state index contributed by atoms with van der Waals surface area (Å²) in [6.07, 6.45) is 1.10. The van der Waals surface area contributed by atoms with E-state index in [-0.39, 0.29) is 24.0 Å². The summed E-state index contributed by atoms with van der Waals surface area (Å²) >= 11 is 6.62. The van der Waals surface area contributed by atoms with Crippen molar-refractivity contribution in [3.8, 4) is 0 Å². The quantitative estimate of drug-likeness (QED) is 0.818. The average Bonchev–Trinajstić information content (AvgIpc) is 2.59. The van der Waals surface area contributed by atoms with Gasteiger partial charge in [0.15, 0.2) is 5.13 Å². The van der Waals surface area contributed by atoms with Crippen molar-refractivity contribution in [2.75, 3.05) is 17.5 Å². The second-order valence-electron chi connectivity index (χ2n) is 3.49. The van der Waals surface area contributed by atoms with Gasteiger partial charge in [0, 0.05) is 10.4 Å². The van der Waals surface area contributed by atoms with E-state index in [1.165, 1.54) is 0 Å². The van der Waals surface area contributed by atoms with Gasteiger partial charge in [0.05, 0.1) is 24.9 Å². The molecule has 1 aromatic heterocycles. The lowest BCUT2D eigenvalue weighted by Crippen LogP contribution is -2.26. The first kappa shape index (κ1) is 14.9. The summed E-state index contributed by atoms with van der Waals surface area (Å²) in [5.74, 6) is -0.256. The van der Waals surface area contributed by atoms with Crippen LogP contribution in [0.5, 0.6) is 0 Å². The molecule has 0 fully saturated rings. The van der Waals surface area contributed by atoms with E-state index in [9.17, 15) is 13.2 Å². The van der Waals surface area contributed by atoms with Crippen LogP contribution in [0.1, 0.15) is 5.69 Å². The van der Waals surface area contributed by atoms with Crippen LogP contribution < -0.4 is 10.0 Å². The van der Waals surface area contributed by atoms with Crippen molar-refractivity contribution in [3.05, 3.63) is 22.7 Å². The van der Waals surface area contributed by atoms with E-state index < -0.39 is 10.0 Å². The largest absolute Gasteiger partial charge is 0.351 e. The average molecular weight is 310 g/mol. The summed E-state index contributed by atoms with van der Waals surface area (Å²) in [4.78, 5) is 15.4. The Balaban J connectivity index is 2.54.